The first-order valence-corrected chi connectivity index (χ1v) is 14.1. The molecule has 2 aromatic carbocycles. The monoisotopic (exact) mass is 596 g/mol. The molecule has 3 N–H and O–H groups in total. The minimum atomic E-state index is -0.506. The van der Waals surface area contributed by atoms with Crippen LogP contribution in [0.1, 0.15) is 16.1 Å². The zero-order valence-electron chi connectivity index (χ0n) is 23.6. The number of benzene rings is 2. The van der Waals surface area contributed by atoms with Crippen molar-refractivity contribution in [2.75, 3.05) is 42.3 Å². The third-order valence-electron chi connectivity index (χ3n) is 7.45. The van der Waals surface area contributed by atoms with Gasteiger partial charge in [-0.2, -0.15) is 0 Å². The van der Waals surface area contributed by atoms with E-state index in [1.165, 1.54) is 4.68 Å². The van der Waals surface area contributed by atoms with E-state index in [-0.39, 0.29) is 11.4 Å². The van der Waals surface area contributed by atoms with Crippen molar-refractivity contribution in [3.63, 3.8) is 0 Å². The number of nitrogens with one attached hydrogen (secondary N) is 1. The number of anilines is 3. The summed E-state index contributed by atoms with van der Waals surface area (Å²) in [7, 11) is 1.73. The Morgan fingerprint density at radius 2 is 1.72 bits per heavy atom. The fourth-order valence-electron chi connectivity index (χ4n) is 5.04. The highest BCUT2D eigenvalue weighted by Crippen LogP contribution is 2.28. The molecule has 0 unspecified atom stereocenters. The summed E-state index contributed by atoms with van der Waals surface area (Å²) < 4.78 is 8.53. The van der Waals surface area contributed by atoms with E-state index in [2.05, 4.69) is 20.2 Å². The quantitative estimate of drug-likeness (QED) is 0.296. The minimum Gasteiger partial charge on any atom is -0.382 e. The van der Waals surface area contributed by atoms with Gasteiger partial charge in [0.1, 0.15) is 22.9 Å². The fraction of sp³-hybridized carbons (Fsp3) is 0.194. The Labute approximate surface area is 252 Å². The zero-order valence-corrected chi connectivity index (χ0v) is 24.4. The molecule has 218 valence electrons. The van der Waals surface area contributed by atoms with Crippen LogP contribution in [0.2, 0.25) is 5.02 Å². The molecule has 1 aliphatic heterocycles. The molecular weight excluding hydrogens is 568 g/mol. The van der Waals surface area contributed by atoms with Crippen LogP contribution in [0.25, 0.3) is 28.2 Å². The molecule has 1 amide bonds. The summed E-state index contributed by atoms with van der Waals surface area (Å²) in [6.07, 6.45) is 3.40. The maximum Gasteiger partial charge on any atom is 0.284 e. The summed E-state index contributed by atoms with van der Waals surface area (Å²) in [4.78, 5) is 42.4. The van der Waals surface area contributed by atoms with Gasteiger partial charge in [-0.3, -0.25) is 14.3 Å². The lowest BCUT2D eigenvalue weighted by Gasteiger charge is -2.28. The zero-order chi connectivity index (χ0) is 30.1. The van der Waals surface area contributed by atoms with E-state index in [1.54, 1.807) is 79.6 Å². The van der Waals surface area contributed by atoms with Gasteiger partial charge in [0.05, 0.1) is 36.5 Å². The number of pyridine rings is 1. The highest BCUT2D eigenvalue weighted by molar-refractivity contribution is 6.30. The lowest BCUT2D eigenvalue weighted by atomic mass is 10.1. The number of morpholine rings is 1. The molecule has 1 aliphatic rings. The maximum atomic E-state index is 13.3. The van der Waals surface area contributed by atoms with Crippen LogP contribution in [-0.2, 0) is 11.8 Å². The Balaban J connectivity index is 1.23. The van der Waals surface area contributed by atoms with Crippen LogP contribution in [0.15, 0.2) is 77.9 Å². The number of ether oxygens (including phenoxy) is 1. The van der Waals surface area contributed by atoms with E-state index < -0.39 is 11.5 Å². The molecule has 43 heavy (non-hydrogen) atoms. The highest BCUT2D eigenvalue weighted by atomic mass is 35.5. The summed E-state index contributed by atoms with van der Waals surface area (Å²) >= 11 is 6.00. The van der Waals surface area contributed by atoms with Crippen molar-refractivity contribution < 1.29 is 9.53 Å². The van der Waals surface area contributed by atoms with E-state index in [0.717, 1.165) is 30.0 Å². The second-order valence-corrected chi connectivity index (χ2v) is 10.5. The number of nitrogen functional groups attached to an aromatic ring is 1. The molecule has 11 nitrogen and oxygen atoms in total. The maximum absolute atomic E-state index is 13.3. The van der Waals surface area contributed by atoms with Crippen molar-refractivity contribution in [2.45, 2.75) is 6.92 Å². The van der Waals surface area contributed by atoms with Crippen molar-refractivity contribution in [3.8, 4) is 28.2 Å². The van der Waals surface area contributed by atoms with Crippen LogP contribution in [0.5, 0.6) is 0 Å². The van der Waals surface area contributed by atoms with Gasteiger partial charge in [-0.1, -0.05) is 23.7 Å². The van der Waals surface area contributed by atoms with Crippen LogP contribution in [-0.4, -0.2) is 56.5 Å². The van der Waals surface area contributed by atoms with Gasteiger partial charge in [-0.05, 0) is 55.5 Å². The Morgan fingerprint density at radius 1 is 1.00 bits per heavy atom. The Morgan fingerprint density at radius 3 is 2.44 bits per heavy atom. The first-order valence-electron chi connectivity index (χ1n) is 13.7. The van der Waals surface area contributed by atoms with E-state index in [4.69, 9.17) is 27.1 Å². The average Bonchev–Trinajstić information content (AvgIpc) is 3.26. The molecule has 1 saturated heterocycles. The van der Waals surface area contributed by atoms with Crippen LogP contribution < -0.4 is 21.5 Å². The standard InChI is InChI=1S/C31H29ClN8O3/c1-19-27(31(42)40(38(19)2)24-9-5-22(32)6-10-24)30(41)36-23-7-3-20(4-8-23)28-29(33)35-18-25(37-28)21-11-12-34-26(17-21)39-13-15-43-16-14-39/h3-12,17-18H,13-16H2,1-2H3,(H2,33,35)(H,36,41). The molecule has 0 radical (unpaired) electrons. The number of carbonyl (C=O) groups is 1. The highest BCUT2D eigenvalue weighted by Gasteiger charge is 2.22. The fourth-order valence-corrected chi connectivity index (χ4v) is 5.17. The van der Waals surface area contributed by atoms with Gasteiger partial charge in [-0.25, -0.2) is 19.6 Å². The number of hydrogen-bond donors (Lipinski definition) is 2. The molecule has 1 fully saturated rings. The lowest BCUT2D eigenvalue weighted by molar-refractivity contribution is 0.102. The van der Waals surface area contributed by atoms with Gasteiger partial charge in [0.2, 0.25) is 0 Å². The van der Waals surface area contributed by atoms with Crippen LogP contribution >= 0.6 is 11.6 Å². The van der Waals surface area contributed by atoms with Crippen LogP contribution in [0, 0.1) is 6.92 Å². The van der Waals surface area contributed by atoms with Gasteiger partial charge in [0, 0.05) is 48.2 Å². The summed E-state index contributed by atoms with van der Waals surface area (Å²) in [5, 5.41) is 3.39. The number of hydrogen-bond acceptors (Lipinski definition) is 8. The molecule has 0 atom stereocenters. The number of rotatable bonds is 6. The second kappa shape index (κ2) is 11.7. The van der Waals surface area contributed by atoms with E-state index >= 15 is 0 Å². The smallest absolute Gasteiger partial charge is 0.284 e. The van der Waals surface area contributed by atoms with Crippen LogP contribution in [0.4, 0.5) is 17.3 Å². The molecule has 0 aliphatic carbocycles. The molecule has 12 heteroatoms. The molecule has 3 aromatic heterocycles. The largest absolute Gasteiger partial charge is 0.382 e. The van der Waals surface area contributed by atoms with Crippen LogP contribution in [0.3, 0.4) is 0 Å². The minimum absolute atomic E-state index is 0.0538. The molecule has 6 rings (SSSR count). The van der Waals surface area contributed by atoms with Gasteiger partial charge >= 0.3 is 0 Å². The van der Waals surface area contributed by atoms with Gasteiger partial charge in [0.25, 0.3) is 11.5 Å². The number of carbonyl (C=O) groups excluding carboxylic acids is 1. The summed E-state index contributed by atoms with van der Waals surface area (Å²) in [6.45, 7) is 4.62. The van der Waals surface area contributed by atoms with E-state index in [1.807, 2.05) is 12.1 Å². The SMILES string of the molecule is Cc1c(C(=O)Nc2ccc(-c3nc(-c4ccnc(N5CCOCC5)c4)cnc3N)cc2)c(=O)n(-c2ccc(Cl)cc2)n1C. The summed E-state index contributed by atoms with van der Waals surface area (Å²) in [5.41, 5.74) is 10.3. The van der Waals surface area contributed by atoms with Crippen molar-refractivity contribution in [2.24, 2.45) is 7.05 Å². The topological polar surface area (TPSA) is 133 Å². The first kappa shape index (κ1) is 28.1. The number of amides is 1. The molecule has 5 aromatic rings. The molecular formula is C31H29ClN8O3. The van der Waals surface area contributed by atoms with Crippen molar-refractivity contribution in [1.82, 2.24) is 24.3 Å². The first-order chi connectivity index (χ1) is 20.8. The van der Waals surface area contributed by atoms with E-state index in [0.29, 0.717) is 46.7 Å². The summed E-state index contributed by atoms with van der Waals surface area (Å²) in [6, 6.07) is 17.8. The van der Waals surface area contributed by atoms with Gasteiger partial charge < -0.3 is 20.7 Å². The predicted molar refractivity (Wildman–Crippen MR) is 167 cm³/mol. The van der Waals surface area contributed by atoms with Crippen molar-refractivity contribution in [3.05, 3.63) is 99.7 Å². The Kier molecular flexibility index (Phi) is 7.66. The number of aromatic nitrogens is 5. The average molecular weight is 597 g/mol. The number of halogens is 1. The normalized spacial score (nSPS) is 13.2. The molecule has 0 spiro atoms. The summed E-state index contributed by atoms with van der Waals surface area (Å²) in [5.74, 6) is 0.633. The van der Waals surface area contributed by atoms with Gasteiger partial charge in [-0.15, -0.1) is 0 Å². The molecule has 0 saturated carbocycles. The van der Waals surface area contributed by atoms with Gasteiger partial charge in [0.15, 0.2) is 0 Å². The second-order valence-electron chi connectivity index (χ2n) is 10.1. The van der Waals surface area contributed by atoms with Crippen molar-refractivity contribution >= 4 is 34.8 Å². The lowest BCUT2D eigenvalue weighted by Crippen LogP contribution is -2.36. The van der Waals surface area contributed by atoms with E-state index in [9.17, 15) is 9.59 Å². The Hall–Kier alpha value is -5.00. The Bertz CT molecular complexity index is 1860. The molecule has 4 heterocycles. The predicted octanol–water partition coefficient (Wildman–Crippen LogP) is 4.33. The third-order valence-corrected chi connectivity index (χ3v) is 7.70. The number of nitrogens with two attached hydrogens (primary N) is 1. The third kappa shape index (κ3) is 5.60. The number of nitrogens with zero attached hydrogens (tertiary/aromatic N) is 6. The van der Waals surface area contributed by atoms with Crippen molar-refractivity contribution in [1.29, 1.82) is 0 Å². The molecule has 0 bridgehead atoms.